The summed E-state index contributed by atoms with van der Waals surface area (Å²) in [5, 5.41) is 4.59. The number of halogens is 1. The van der Waals surface area contributed by atoms with Crippen molar-refractivity contribution in [3.8, 4) is 0 Å². The molecule has 3 rings (SSSR count). The number of nitrogens with zero attached hydrogens (tertiary/aromatic N) is 2. The highest BCUT2D eigenvalue weighted by molar-refractivity contribution is 6.30. The van der Waals surface area contributed by atoms with Gasteiger partial charge in [-0.05, 0) is 37.5 Å². The summed E-state index contributed by atoms with van der Waals surface area (Å²) in [6.45, 7) is 1.98. The van der Waals surface area contributed by atoms with Gasteiger partial charge in [0, 0.05) is 24.1 Å². The first kappa shape index (κ1) is 14.1. The highest BCUT2D eigenvalue weighted by Crippen LogP contribution is 2.40. The molecule has 0 bridgehead atoms. The lowest BCUT2D eigenvalue weighted by atomic mass is 10.1. The van der Waals surface area contributed by atoms with Gasteiger partial charge >= 0.3 is 0 Å². The van der Waals surface area contributed by atoms with Crippen LogP contribution >= 0.6 is 11.6 Å². The first-order chi connectivity index (χ1) is 10.1. The molecule has 1 aromatic heterocycles. The van der Waals surface area contributed by atoms with Gasteiger partial charge in [0.25, 0.3) is 5.91 Å². The molecule has 21 heavy (non-hydrogen) atoms. The van der Waals surface area contributed by atoms with Crippen LogP contribution in [0, 0.1) is 0 Å². The molecule has 1 heterocycles. The van der Waals surface area contributed by atoms with Gasteiger partial charge in [-0.15, -0.1) is 0 Å². The fourth-order valence-electron chi connectivity index (χ4n) is 2.27. The van der Waals surface area contributed by atoms with Gasteiger partial charge in [-0.25, -0.2) is 0 Å². The SMILES string of the molecule is C[C@H](c1ccc(Cl)cc1)N(C)C(=O)c1cc(C2CC2)on1. The Balaban J connectivity index is 1.74. The number of benzene rings is 1. The summed E-state index contributed by atoms with van der Waals surface area (Å²) in [6, 6.07) is 9.21. The highest BCUT2D eigenvalue weighted by Gasteiger charge is 2.30. The molecule has 5 heteroatoms. The van der Waals surface area contributed by atoms with E-state index in [1.807, 2.05) is 31.2 Å². The third-order valence-electron chi connectivity index (χ3n) is 3.98. The van der Waals surface area contributed by atoms with E-state index in [-0.39, 0.29) is 11.9 Å². The van der Waals surface area contributed by atoms with Crippen molar-refractivity contribution < 1.29 is 9.32 Å². The largest absolute Gasteiger partial charge is 0.360 e. The van der Waals surface area contributed by atoms with E-state index in [0.717, 1.165) is 24.2 Å². The molecule has 4 nitrogen and oxygen atoms in total. The maximum absolute atomic E-state index is 12.5. The maximum atomic E-state index is 12.5. The van der Waals surface area contributed by atoms with Gasteiger partial charge in [0.2, 0.25) is 0 Å². The molecule has 110 valence electrons. The van der Waals surface area contributed by atoms with Crippen molar-refractivity contribution in [1.82, 2.24) is 10.1 Å². The number of aromatic nitrogens is 1. The quantitative estimate of drug-likeness (QED) is 0.856. The summed E-state index contributed by atoms with van der Waals surface area (Å²) < 4.78 is 5.25. The lowest BCUT2D eigenvalue weighted by Crippen LogP contribution is -2.29. The van der Waals surface area contributed by atoms with Crippen molar-refractivity contribution >= 4 is 17.5 Å². The fourth-order valence-corrected chi connectivity index (χ4v) is 2.40. The van der Waals surface area contributed by atoms with E-state index in [9.17, 15) is 4.79 Å². The number of hydrogen-bond donors (Lipinski definition) is 0. The van der Waals surface area contributed by atoms with Crippen LogP contribution in [0.25, 0.3) is 0 Å². The maximum Gasteiger partial charge on any atom is 0.276 e. The second-order valence-corrected chi connectivity index (χ2v) is 5.97. The molecule has 1 saturated carbocycles. The molecule has 1 fully saturated rings. The first-order valence-electron chi connectivity index (χ1n) is 7.05. The van der Waals surface area contributed by atoms with Crippen molar-refractivity contribution in [3.05, 3.63) is 52.4 Å². The first-order valence-corrected chi connectivity index (χ1v) is 7.43. The van der Waals surface area contributed by atoms with Crippen molar-refractivity contribution in [2.75, 3.05) is 7.05 Å². The molecule has 1 amide bonds. The van der Waals surface area contributed by atoms with Crippen LogP contribution in [0.2, 0.25) is 5.02 Å². The summed E-state index contributed by atoms with van der Waals surface area (Å²) in [6.07, 6.45) is 2.25. The predicted octanol–water partition coefficient (Wildman–Crippen LogP) is 4.04. The minimum absolute atomic E-state index is 0.0594. The van der Waals surface area contributed by atoms with Crippen LogP contribution in [0.15, 0.2) is 34.9 Å². The topological polar surface area (TPSA) is 46.3 Å². The third kappa shape index (κ3) is 2.95. The zero-order valence-electron chi connectivity index (χ0n) is 12.0. The molecule has 0 saturated heterocycles. The van der Waals surface area contributed by atoms with Crippen LogP contribution in [0.5, 0.6) is 0 Å². The zero-order chi connectivity index (χ0) is 15.0. The van der Waals surface area contributed by atoms with E-state index >= 15 is 0 Å². The smallest absolute Gasteiger partial charge is 0.276 e. The van der Waals surface area contributed by atoms with Gasteiger partial charge in [0.05, 0.1) is 6.04 Å². The Morgan fingerprint density at radius 1 is 1.38 bits per heavy atom. The molecule has 0 aliphatic heterocycles. The van der Waals surface area contributed by atoms with Crippen LogP contribution in [0.3, 0.4) is 0 Å². The Morgan fingerprint density at radius 2 is 2.05 bits per heavy atom. The van der Waals surface area contributed by atoms with Crippen LogP contribution in [-0.2, 0) is 0 Å². The summed E-state index contributed by atoms with van der Waals surface area (Å²) in [5.74, 6) is 1.15. The van der Waals surface area contributed by atoms with E-state index < -0.39 is 0 Å². The van der Waals surface area contributed by atoms with Gasteiger partial charge in [-0.2, -0.15) is 0 Å². The van der Waals surface area contributed by atoms with Crippen LogP contribution in [0.4, 0.5) is 0 Å². The molecular weight excluding hydrogens is 288 g/mol. The minimum atomic E-state index is -0.131. The lowest BCUT2D eigenvalue weighted by molar-refractivity contribution is 0.0732. The van der Waals surface area contributed by atoms with Crippen molar-refractivity contribution in [2.45, 2.75) is 31.7 Å². The number of carbonyl (C=O) groups excluding carboxylic acids is 1. The Kier molecular flexibility index (Phi) is 3.72. The number of amides is 1. The molecule has 0 unspecified atom stereocenters. The molecule has 0 radical (unpaired) electrons. The van der Waals surface area contributed by atoms with Gasteiger partial charge in [-0.3, -0.25) is 4.79 Å². The van der Waals surface area contributed by atoms with Crippen molar-refractivity contribution in [2.24, 2.45) is 0 Å². The van der Waals surface area contributed by atoms with Gasteiger partial charge in [0.15, 0.2) is 5.69 Å². The Morgan fingerprint density at radius 3 is 2.67 bits per heavy atom. The van der Waals surface area contributed by atoms with Crippen molar-refractivity contribution in [1.29, 1.82) is 0 Å². The molecule has 1 aliphatic carbocycles. The molecule has 0 N–H and O–H groups in total. The number of hydrogen-bond acceptors (Lipinski definition) is 3. The Labute approximate surface area is 128 Å². The Hall–Kier alpha value is -1.81. The van der Waals surface area contributed by atoms with Gasteiger partial charge in [-0.1, -0.05) is 28.9 Å². The van der Waals surface area contributed by atoms with Crippen LogP contribution < -0.4 is 0 Å². The summed E-state index contributed by atoms with van der Waals surface area (Å²) >= 11 is 5.89. The van der Waals surface area contributed by atoms with E-state index in [1.165, 1.54) is 0 Å². The van der Waals surface area contributed by atoms with Crippen LogP contribution in [0.1, 0.15) is 53.5 Å². The molecule has 0 spiro atoms. The number of rotatable bonds is 4. The molecule has 1 atom stereocenters. The summed E-state index contributed by atoms with van der Waals surface area (Å²) in [4.78, 5) is 14.1. The van der Waals surface area contributed by atoms with E-state index in [4.69, 9.17) is 16.1 Å². The molecular formula is C16H17ClN2O2. The third-order valence-corrected chi connectivity index (χ3v) is 4.23. The Bertz CT molecular complexity index is 647. The van der Waals surface area contributed by atoms with Crippen LogP contribution in [-0.4, -0.2) is 23.0 Å². The molecule has 1 aromatic carbocycles. The second-order valence-electron chi connectivity index (χ2n) is 5.53. The molecule has 1 aliphatic rings. The van der Waals surface area contributed by atoms with Crippen molar-refractivity contribution in [3.63, 3.8) is 0 Å². The lowest BCUT2D eigenvalue weighted by Gasteiger charge is -2.24. The zero-order valence-corrected chi connectivity index (χ0v) is 12.8. The standard InChI is InChI=1S/C16H17ClN2O2/c1-10(11-5-7-13(17)8-6-11)19(2)16(20)14-9-15(21-18-14)12-3-4-12/h5-10,12H,3-4H2,1-2H3/t10-/m1/s1. The van der Waals surface area contributed by atoms with E-state index in [0.29, 0.717) is 16.6 Å². The summed E-state index contributed by atoms with van der Waals surface area (Å²) in [5.41, 5.74) is 1.40. The average molecular weight is 305 g/mol. The molecule has 2 aromatic rings. The van der Waals surface area contributed by atoms with Gasteiger partial charge < -0.3 is 9.42 Å². The van der Waals surface area contributed by atoms with E-state index in [2.05, 4.69) is 5.16 Å². The fraction of sp³-hybridized carbons (Fsp3) is 0.375. The van der Waals surface area contributed by atoms with E-state index in [1.54, 1.807) is 18.0 Å². The monoisotopic (exact) mass is 304 g/mol. The average Bonchev–Trinajstić information content (AvgIpc) is 3.23. The predicted molar refractivity (Wildman–Crippen MR) is 80.4 cm³/mol. The normalized spacial score (nSPS) is 15.8. The number of carbonyl (C=O) groups is 1. The van der Waals surface area contributed by atoms with Gasteiger partial charge in [0.1, 0.15) is 5.76 Å². The highest BCUT2D eigenvalue weighted by atomic mass is 35.5. The minimum Gasteiger partial charge on any atom is -0.360 e. The second kappa shape index (κ2) is 5.53. The summed E-state index contributed by atoms with van der Waals surface area (Å²) in [7, 11) is 1.77.